The van der Waals surface area contributed by atoms with Crippen LogP contribution in [0.15, 0.2) is 71.5 Å². The van der Waals surface area contributed by atoms with Crippen molar-refractivity contribution in [2.45, 2.75) is 48.3 Å². The number of carboxylic acid groups (broad SMARTS) is 1. The summed E-state index contributed by atoms with van der Waals surface area (Å²) in [7, 11) is -4.11. The highest BCUT2D eigenvalue weighted by molar-refractivity contribution is 7.89. The highest BCUT2D eigenvalue weighted by Crippen LogP contribution is 2.42. The van der Waals surface area contributed by atoms with E-state index >= 15 is 0 Å². The van der Waals surface area contributed by atoms with E-state index in [1.807, 2.05) is 18.2 Å². The topological polar surface area (TPSA) is 164 Å². The largest absolute Gasteiger partial charge is 0.480 e. The molecule has 1 aromatic carbocycles. The quantitative estimate of drug-likeness (QED) is 0.341. The Morgan fingerprint density at radius 3 is 2.56 bits per heavy atom. The van der Waals surface area contributed by atoms with Crippen molar-refractivity contribution in [1.29, 1.82) is 0 Å². The minimum Gasteiger partial charge on any atom is -0.480 e. The molecule has 5 N–H and O–H groups in total. The molecule has 1 aliphatic heterocycles. The van der Waals surface area contributed by atoms with E-state index in [2.05, 4.69) is 15.2 Å². The molecule has 1 unspecified atom stereocenters. The number of nitrogens with two attached hydrogens (primary N) is 1. The van der Waals surface area contributed by atoms with Crippen LogP contribution in [0.25, 0.3) is 0 Å². The third-order valence-electron chi connectivity index (χ3n) is 6.64. The monoisotopic (exact) mass is 515 g/mol. The predicted molar refractivity (Wildman–Crippen MR) is 129 cm³/mol. The van der Waals surface area contributed by atoms with E-state index in [1.165, 1.54) is 24.3 Å². The molecule has 1 saturated carbocycles. The van der Waals surface area contributed by atoms with Gasteiger partial charge in [-0.05, 0) is 61.9 Å². The summed E-state index contributed by atoms with van der Waals surface area (Å²) in [5.41, 5.74) is 9.32. The Morgan fingerprint density at radius 2 is 1.94 bits per heavy atom. The van der Waals surface area contributed by atoms with Gasteiger partial charge in [-0.25, -0.2) is 13.9 Å². The standard InChI is InChI=1S/C24H29N5O6S/c25-22(19-8-4-5-13-26-19)17-9-11-24(12-10-17)14-21(27-35-24)29(16-30)15-20(23(31)32)28-36(33,34)18-6-2-1-3-7-18/h1-8,13-14,16-17,20,22,27-28H,9-12,15,25H2,(H,31,32)/t17?,20-,22?,24?/m0/s1. The minimum absolute atomic E-state index is 0.0740. The zero-order valence-corrected chi connectivity index (χ0v) is 20.3. The third kappa shape index (κ3) is 5.73. The number of nitrogens with zero attached hydrogens (tertiary/aromatic N) is 2. The van der Waals surface area contributed by atoms with Crippen molar-refractivity contribution < 1.29 is 28.0 Å². The van der Waals surface area contributed by atoms with Gasteiger partial charge in [-0.1, -0.05) is 24.3 Å². The summed E-state index contributed by atoms with van der Waals surface area (Å²) in [5, 5.41) is 9.63. The van der Waals surface area contributed by atoms with Crippen molar-refractivity contribution in [2.24, 2.45) is 11.7 Å². The summed E-state index contributed by atoms with van der Waals surface area (Å²) in [6.07, 6.45) is 6.76. The molecule has 1 aromatic heterocycles. The Kier molecular flexibility index (Phi) is 7.69. The SMILES string of the molecule is NC(c1ccccn1)C1CCC2(C=C(N(C=O)C[C@H](NS(=O)(=O)c3ccccc3)C(=O)O)NO2)CC1. The first-order valence-electron chi connectivity index (χ1n) is 11.6. The molecule has 1 amide bonds. The molecule has 2 aliphatic rings. The number of carboxylic acids is 1. The van der Waals surface area contributed by atoms with Crippen LogP contribution in [0.3, 0.4) is 0 Å². The molecule has 12 heteroatoms. The lowest BCUT2D eigenvalue weighted by Crippen LogP contribution is -2.48. The van der Waals surface area contributed by atoms with Gasteiger partial charge in [0.15, 0.2) is 0 Å². The van der Waals surface area contributed by atoms with Gasteiger partial charge in [-0.3, -0.25) is 24.3 Å². The molecule has 11 nitrogen and oxygen atoms in total. The molecule has 1 aliphatic carbocycles. The summed E-state index contributed by atoms with van der Waals surface area (Å²) in [4.78, 5) is 34.9. The van der Waals surface area contributed by atoms with E-state index in [0.717, 1.165) is 23.4 Å². The minimum atomic E-state index is -4.11. The highest BCUT2D eigenvalue weighted by atomic mass is 32.2. The normalized spacial score (nSPS) is 23.4. The van der Waals surface area contributed by atoms with Gasteiger partial charge in [0.25, 0.3) is 0 Å². The van der Waals surface area contributed by atoms with Gasteiger partial charge in [0.2, 0.25) is 16.4 Å². The number of hydrogen-bond donors (Lipinski definition) is 4. The van der Waals surface area contributed by atoms with Gasteiger partial charge in [0, 0.05) is 12.2 Å². The summed E-state index contributed by atoms with van der Waals surface area (Å²) in [6.45, 7) is -0.434. The number of hydrogen-bond acceptors (Lipinski definition) is 8. The van der Waals surface area contributed by atoms with E-state index in [4.69, 9.17) is 10.6 Å². The number of carbonyl (C=O) groups is 2. The maximum atomic E-state index is 12.6. The molecule has 0 saturated heterocycles. The number of benzene rings is 1. The van der Waals surface area contributed by atoms with Crippen molar-refractivity contribution >= 4 is 22.4 Å². The Hall–Kier alpha value is -3.32. The Balaban J connectivity index is 1.42. The fraction of sp³-hybridized carbons (Fsp3) is 0.375. The molecule has 192 valence electrons. The molecule has 2 atom stereocenters. The molecule has 0 bridgehead atoms. The van der Waals surface area contributed by atoms with Crippen LogP contribution in [0.5, 0.6) is 0 Å². The average molecular weight is 516 g/mol. The summed E-state index contributed by atoms with van der Waals surface area (Å²) >= 11 is 0. The molecule has 0 radical (unpaired) electrons. The molecular weight excluding hydrogens is 486 g/mol. The average Bonchev–Trinajstić information content (AvgIpc) is 3.30. The lowest BCUT2D eigenvalue weighted by molar-refractivity contribution is -0.139. The molecule has 2 aromatic rings. The molecule has 1 spiro atoms. The zero-order chi connectivity index (χ0) is 25.8. The van der Waals surface area contributed by atoms with Crippen LogP contribution in [0.2, 0.25) is 0 Å². The van der Waals surface area contributed by atoms with E-state index in [0.29, 0.717) is 19.3 Å². The van der Waals surface area contributed by atoms with Crippen LogP contribution in [0.4, 0.5) is 0 Å². The van der Waals surface area contributed by atoms with Crippen LogP contribution in [0, 0.1) is 5.92 Å². The second-order valence-corrected chi connectivity index (χ2v) is 10.7. The van der Waals surface area contributed by atoms with Crippen LogP contribution in [-0.2, 0) is 24.4 Å². The molecular formula is C24H29N5O6S. The zero-order valence-electron chi connectivity index (χ0n) is 19.5. The van der Waals surface area contributed by atoms with Crippen molar-refractivity contribution in [3.8, 4) is 0 Å². The second kappa shape index (κ2) is 10.7. The number of nitrogens with one attached hydrogen (secondary N) is 2. The summed E-state index contributed by atoms with van der Waals surface area (Å²) in [5.74, 6) is -0.931. The van der Waals surface area contributed by atoms with Crippen LogP contribution in [-0.4, -0.2) is 54.0 Å². The van der Waals surface area contributed by atoms with Crippen molar-refractivity contribution in [1.82, 2.24) is 20.1 Å². The Labute approximate surface area is 209 Å². The molecule has 2 heterocycles. The predicted octanol–water partition coefficient (Wildman–Crippen LogP) is 1.28. The number of pyridine rings is 1. The van der Waals surface area contributed by atoms with Crippen LogP contribution >= 0.6 is 0 Å². The first-order chi connectivity index (χ1) is 17.2. The number of carbonyl (C=O) groups excluding carboxylic acids is 1. The fourth-order valence-electron chi connectivity index (χ4n) is 4.57. The number of hydroxylamine groups is 1. The van der Waals surface area contributed by atoms with E-state index in [1.54, 1.807) is 18.3 Å². The Morgan fingerprint density at radius 1 is 1.25 bits per heavy atom. The van der Waals surface area contributed by atoms with Crippen LogP contribution < -0.4 is 15.9 Å². The lowest BCUT2D eigenvalue weighted by Gasteiger charge is -2.36. The van der Waals surface area contributed by atoms with Crippen molar-refractivity contribution in [2.75, 3.05) is 6.54 Å². The summed E-state index contributed by atoms with van der Waals surface area (Å²) in [6, 6.07) is 11.3. The van der Waals surface area contributed by atoms with Gasteiger partial charge in [-0.2, -0.15) is 4.72 Å². The Bertz CT molecular complexity index is 1200. The smallest absolute Gasteiger partial charge is 0.323 e. The molecule has 1 fully saturated rings. The van der Waals surface area contributed by atoms with Crippen LogP contribution in [0.1, 0.15) is 37.4 Å². The van der Waals surface area contributed by atoms with E-state index in [-0.39, 0.29) is 22.7 Å². The van der Waals surface area contributed by atoms with Crippen molar-refractivity contribution in [3.63, 3.8) is 0 Å². The third-order valence-corrected chi connectivity index (χ3v) is 8.12. The highest BCUT2D eigenvalue weighted by Gasteiger charge is 2.42. The first-order valence-corrected chi connectivity index (χ1v) is 13.1. The van der Waals surface area contributed by atoms with E-state index < -0.39 is 34.2 Å². The first kappa shape index (κ1) is 25.8. The van der Waals surface area contributed by atoms with Gasteiger partial charge in [-0.15, -0.1) is 0 Å². The van der Waals surface area contributed by atoms with Gasteiger partial charge >= 0.3 is 5.97 Å². The van der Waals surface area contributed by atoms with Crippen molar-refractivity contribution in [3.05, 3.63) is 72.3 Å². The molecule has 4 rings (SSSR count). The van der Waals surface area contributed by atoms with Gasteiger partial charge < -0.3 is 10.8 Å². The van der Waals surface area contributed by atoms with Gasteiger partial charge in [0.1, 0.15) is 17.5 Å². The maximum absolute atomic E-state index is 12.6. The number of sulfonamides is 1. The lowest BCUT2D eigenvalue weighted by atomic mass is 9.75. The summed E-state index contributed by atoms with van der Waals surface area (Å²) < 4.78 is 27.4. The van der Waals surface area contributed by atoms with Gasteiger partial charge in [0.05, 0.1) is 17.1 Å². The number of aromatic nitrogens is 1. The number of rotatable bonds is 10. The second-order valence-electron chi connectivity index (χ2n) is 9.00. The maximum Gasteiger partial charge on any atom is 0.323 e. The molecule has 36 heavy (non-hydrogen) atoms. The van der Waals surface area contributed by atoms with E-state index in [9.17, 15) is 23.1 Å². The number of aliphatic carboxylic acids is 1. The number of amides is 1. The fourth-order valence-corrected chi connectivity index (χ4v) is 5.77.